The van der Waals surface area contributed by atoms with Gasteiger partial charge in [-0.3, -0.25) is 0 Å². The highest BCUT2D eigenvalue weighted by Crippen LogP contribution is 2.16. The summed E-state index contributed by atoms with van der Waals surface area (Å²) in [5.41, 5.74) is 0. The number of methoxy groups -OCH3 is 1. The Bertz CT molecular complexity index is 121. The molecule has 0 heterocycles. The molecule has 80 valence electrons. The quantitative estimate of drug-likeness (QED) is 0.694. The highest BCUT2D eigenvalue weighted by atomic mass is 16.5. The molecule has 0 rings (SSSR count). The lowest BCUT2D eigenvalue weighted by Crippen LogP contribution is -2.32. The molecule has 0 bridgehead atoms. The molecule has 0 spiro atoms. The second-order valence-electron chi connectivity index (χ2n) is 4.48. The van der Waals surface area contributed by atoms with Crippen LogP contribution in [-0.2, 0) is 4.74 Å². The van der Waals surface area contributed by atoms with Crippen LogP contribution in [0.2, 0.25) is 0 Å². The van der Waals surface area contributed by atoms with Gasteiger partial charge in [0.2, 0.25) is 0 Å². The molecule has 0 saturated carbocycles. The molecule has 13 heavy (non-hydrogen) atoms. The van der Waals surface area contributed by atoms with E-state index in [1.54, 1.807) is 7.11 Å². The molecule has 0 aromatic heterocycles. The first-order chi connectivity index (χ1) is 5.99. The van der Waals surface area contributed by atoms with Gasteiger partial charge in [-0.1, -0.05) is 27.7 Å². The fourth-order valence-electron chi connectivity index (χ4n) is 1.54. The highest BCUT2D eigenvalue weighted by molar-refractivity contribution is 4.72. The first-order valence-corrected chi connectivity index (χ1v) is 5.19. The summed E-state index contributed by atoms with van der Waals surface area (Å²) >= 11 is 0. The van der Waals surface area contributed by atoms with Crippen molar-refractivity contribution in [2.45, 2.75) is 52.7 Å². The summed E-state index contributed by atoms with van der Waals surface area (Å²) in [5, 5.41) is 9.80. The zero-order valence-electron chi connectivity index (χ0n) is 9.58. The Morgan fingerprint density at radius 2 is 1.62 bits per heavy atom. The van der Waals surface area contributed by atoms with E-state index in [1.807, 2.05) is 0 Å². The zero-order chi connectivity index (χ0) is 10.4. The van der Waals surface area contributed by atoms with Crippen LogP contribution in [-0.4, -0.2) is 24.4 Å². The van der Waals surface area contributed by atoms with Gasteiger partial charge in [0.15, 0.2) is 0 Å². The Morgan fingerprint density at radius 3 is 1.92 bits per heavy atom. The van der Waals surface area contributed by atoms with Crippen LogP contribution >= 0.6 is 0 Å². The van der Waals surface area contributed by atoms with Gasteiger partial charge >= 0.3 is 0 Å². The Kier molecular flexibility index (Phi) is 6.35. The van der Waals surface area contributed by atoms with E-state index >= 15 is 0 Å². The molecule has 1 N–H and O–H groups in total. The average molecular weight is 188 g/mol. The molecule has 2 atom stereocenters. The van der Waals surface area contributed by atoms with E-state index in [-0.39, 0.29) is 12.2 Å². The van der Waals surface area contributed by atoms with Gasteiger partial charge in [-0.05, 0) is 24.7 Å². The van der Waals surface area contributed by atoms with Crippen LogP contribution in [0, 0.1) is 11.8 Å². The smallest absolute Gasteiger partial charge is 0.0852 e. The van der Waals surface area contributed by atoms with Crippen molar-refractivity contribution in [1.82, 2.24) is 0 Å². The van der Waals surface area contributed by atoms with E-state index in [4.69, 9.17) is 4.74 Å². The number of rotatable bonds is 6. The van der Waals surface area contributed by atoms with Gasteiger partial charge in [0.25, 0.3) is 0 Å². The van der Waals surface area contributed by atoms with Gasteiger partial charge in [0.05, 0.1) is 12.2 Å². The Morgan fingerprint density at radius 1 is 1.08 bits per heavy atom. The third-order valence-electron chi connectivity index (χ3n) is 2.35. The van der Waals surface area contributed by atoms with E-state index < -0.39 is 0 Å². The van der Waals surface area contributed by atoms with E-state index in [0.29, 0.717) is 11.8 Å². The minimum absolute atomic E-state index is 0.0150. The van der Waals surface area contributed by atoms with Gasteiger partial charge in [0, 0.05) is 7.11 Å². The van der Waals surface area contributed by atoms with Crippen LogP contribution in [0.5, 0.6) is 0 Å². The lowest BCUT2D eigenvalue weighted by molar-refractivity contribution is -0.0424. The molecule has 0 aromatic rings. The lowest BCUT2D eigenvalue weighted by atomic mass is 9.95. The topological polar surface area (TPSA) is 29.5 Å². The lowest BCUT2D eigenvalue weighted by Gasteiger charge is -2.25. The first-order valence-electron chi connectivity index (χ1n) is 5.19. The maximum Gasteiger partial charge on any atom is 0.0852 e. The molecule has 0 fully saturated rings. The fourth-order valence-corrected chi connectivity index (χ4v) is 1.54. The molecular weight excluding hydrogens is 164 g/mol. The van der Waals surface area contributed by atoms with E-state index in [9.17, 15) is 5.11 Å². The number of ether oxygens (including phenoxy) is 1. The van der Waals surface area contributed by atoms with Crippen molar-refractivity contribution in [1.29, 1.82) is 0 Å². The average Bonchev–Trinajstić information content (AvgIpc) is 2.01. The summed E-state index contributed by atoms with van der Waals surface area (Å²) in [7, 11) is 1.67. The zero-order valence-corrected chi connectivity index (χ0v) is 9.58. The maximum absolute atomic E-state index is 9.80. The van der Waals surface area contributed by atoms with Crippen molar-refractivity contribution in [3.8, 4) is 0 Å². The molecule has 0 radical (unpaired) electrons. The monoisotopic (exact) mass is 188 g/mol. The highest BCUT2D eigenvalue weighted by Gasteiger charge is 2.21. The van der Waals surface area contributed by atoms with Gasteiger partial charge in [-0.15, -0.1) is 0 Å². The number of aliphatic hydroxyl groups is 1. The minimum Gasteiger partial charge on any atom is -0.390 e. The van der Waals surface area contributed by atoms with Crippen molar-refractivity contribution < 1.29 is 9.84 Å². The van der Waals surface area contributed by atoms with Crippen LogP contribution in [0.1, 0.15) is 40.5 Å². The van der Waals surface area contributed by atoms with Crippen molar-refractivity contribution in [2.24, 2.45) is 11.8 Å². The van der Waals surface area contributed by atoms with Crippen LogP contribution in [0.15, 0.2) is 0 Å². The maximum atomic E-state index is 9.80. The van der Waals surface area contributed by atoms with Crippen molar-refractivity contribution >= 4 is 0 Å². The Labute approximate surface area is 82.3 Å². The number of hydrogen-bond donors (Lipinski definition) is 1. The second-order valence-corrected chi connectivity index (χ2v) is 4.48. The van der Waals surface area contributed by atoms with E-state index in [1.165, 1.54) is 0 Å². The molecule has 0 aliphatic rings. The standard InChI is InChI=1S/C11H24O2/c1-8(2)6-7-10(12)11(13-5)9(3)4/h8-12H,6-7H2,1-5H3. The molecule has 0 aliphatic carbocycles. The summed E-state index contributed by atoms with van der Waals surface area (Å²) in [6, 6.07) is 0. The second kappa shape index (κ2) is 6.39. The van der Waals surface area contributed by atoms with Crippen LogP contribution in [0.3, 0.4) is 0 Å². The molecule has 0 aliphatic heterocycles. The summed E-state index contributed by atoms with van der Waals surface area (Å²) in [4.78, 5) is 0. The van der Waals surface area contributed by atoms with Gasteiger partial charge in [-0.25, -0.2) is 0 Å². The summed E-state index contributed by atoms with van der Waals surface area (Å²) in [6.45, 7) is 8.49. The van der Waals surface area contributed by atoms with Gasteiger partial charge < -0.3 is 9.84 Å². The largest absolute Gasteiger partial charge is 0.390 e. The van der Waals surface area contributed by atoms with E-state index in [0.717, 1.165) is 12.8 Å². The number of hydrogen-bond acceptors (Lipinski definition) is 2. The Balaban J connectivity index is 3.84. The Hall–Kier alpha value is -0.0800. The predicted octanol–water partition coefficient (Wildman–Crippen LogP) is 2.45. The summed E-state index contributed by atoms with van der Waals surface area (Å²) in [6.07, 6.45) is 1.58. The SMILES string of the molecule is COC(C(C)C)C(O)CCC(C)C. The molecule has 2 heteroatoms. The molecule has 0 aromatic carbocycles. The molecular formula is C11H24O2. The van der Waals surface area contributed by atoms with Crippen LogP contribution in [0.4, 0.5) is 0 Å². The van der Waals surface area contributed by atoms with Crippen LogP contribution < -0.4 is 0 Å². The normalized spacial score (nSPS) is 16.6. The van der Waals surface area contributed by atoms with Crippen LogP contribution in [0.25, 0.3) is 0 Å². The van der Waals surface area contributed by atoms with Gasteiger partial charge in [0.1, 0.15) is 0 Å². The van der Waals surface area contributed by atoms with Crippen molar-refractivity contribution in [2.75, 3.05) is 7.11 Å². The fraction of sp³-hybridized carbons (Fsp3) is 1.00. The molecule has 0 amide bonds. The summed E-state index contributed by atoms with van der Waals surface area (Å²) < 4.78 is 5.26. The van der Waals surface area contributed by atoms with Gasteiger partial charge in [-0.2, -0.15) is 0 Å². The predicted molar refractivity (Wildman–Crippen MR) is 55.7 cm³/mol. The third-order valence-corrected chi connectivity index (χ3v) is 2.35. The first kappa shape index (κ1) is 12.9. The molecule has 2 nitrogen and oxygen atoms in total. The molecule has 0 saturated heterocycles. The van der Waals surface area contributed by atoms with E-state index in [2.05, 4.69) is 27.7 Å². The molecule has 2 unspecified atom stereocenters. The third kappa shape index (κ3) is 5.27. The van der Waals surface area contributed by atoms with Crippen molar-refractivity contribution in [3.63, 3.8) is 0 Å². The summed E-state index contributed by atoms with van der Waals surface area (Å²) in [5.74, 6) is 1.03. The number of aliphatic hydroxyl groups excluding tert-OH is 1. The minimum atomic E-state index is -0.313. The van der Waals surface area contributed by atoms with Crippen molar-refractivity contribution in [3.05, 3.63) is 0 Å².